The van der Waals surface area contributed by atoms with E-state index in [2.05, 4.69) is 5.32 Å². The fraction of sp³-hybridized carbons (Fsp3) is 0.300. The van der Waals surface area contributed by atoms with Crippen LogP contribution in [0.4, 0.5) is 5.69 Å². The zero-order valence-corrected chi connectivity index (χ0v) is 9.94. The Bertz CT molecular complexity index is 494. The number of hydrogen-bond donors (Lipinski definition) is 3. The first-order valence-corrected chi connectivity index (χ1v) is 6.40. The van der Waals surface area contributed by atoms with Crippen molar-refractivity contribution in [3.8, 4) is 0 Å². The van der Waals surface area contributed by atoms with Gasteiger partial charge in [0.2, 0.25) is 0 Å². The fourth-order valence-electron chi connectivity index (χ4n) is 1.24. The van der Waals surface area contributed by atoms with Crippen LogP contribution in [0.3, 0.4) is 0 Å². The standard InChI is InChI=1S/C10H13NO5S/c1-7-2-4-8(5-3-7)11-9(10(12)13)6-17(14,15)16/h2-5,9,11H,6H2,1H3,(H,12,13)(H,14,15,16). The van der Waals surface area contributed by atoms with E-state index in [1.54, 1.807) is 24.3 Å². The number of aryl methyl sites for hydroxylation is 1. The highest BCUT2D eigenvalue weighted by Crippen LogP contribution is 2.10. The molecule has 0 fully saturated rings. The Morgan fingerprint density at radius 2 is 1.88 bits per heavy atom. The third kappa shape index (κ3) is 4.83. The van der Waals surface area contributed by atoms with Crippen molar-refractivity contribution in [3.05, 3.63) is 29.8 Å². The summed E-state index contributed by atoms with van der Waals surface area (Å²) in [4.78, 5) is 10.8. The topological polar surface area (TPSA) is 104 Å². The fourth-order valence-corrected chi connectivity index (χ4v) is 1.88. The number of anilines is 1. The van der Waals surface area contributed by atoms with Gasteiger partial charge in [-0.2, -0.15) is 8.42 Å². The number of rotatable bonds is 5. The molecule has 7 heteroatoms. The molecule has 0 aromatic heterocycles. The van der Waals surface area contributed by atoms with Crippen LogP contribution in [0.15, 0.2) is 24.3 Å². The van der Waals surface area contributed by atoms with E-state index in [9.17, 15) is 13.2 Å². The zero-order valence-electron chi connectivity index (χ0n) is 9.12. The van der Waals surface area contributed by atoms with Crippen LogP contribution in [-0.4, -0.2) is 35.8 Å². The molecule has 0 bridgehead atoms. The predicted octanol–water partition coefficient (Wildman–Crippen LogP) is 0.748. The summed E-state index contributed by atoms with van der Waals surface area (Å²) in [5.41, 5.74) is 1.48. The van der Waals surface area contributed by atoms with Crippen LogP contribution in [0, 0.1) is 6.92 Å². The monoisotopic (exact) mass is 259 g/mol. The van der Waals surface area contributed by atoms with Crippen LogP contribution in [-0.2, 0) is 14.9 Å². The zero-order chi connectivity index (χ0) is 13.1. The Morgan fingerprint density at radius 3 is 2.29 bits per heavy atom. The highest BCUT2D eigenvalue weighted by atomic mass is 32.2. The maximum atomic E-state index is 10.8. The first-order chi connectivity index (χ1) is 7.78. The van der Waals surface area contributed by atoms with Gasteiger partial charge in [-0.3, -0.25) is 4.55 Å². The molecule has 0 aliphatic heterocycles. The summed E-state index contributed by atoms with van der Waals surface area (Å²) in [5.74, 6) is -2.22. The summed E-state index contributed by atoms with van der Waals surface area (Å²) in [7, 11) is -4.34. The molecule has 1 rings (SSSR count). The highest BCUT2D eigenvalue weighted by Gasteiger charge is 2.23. The normalized spacial score (nSPS) is 13.1. The minimum atomic E-state index is -4.34. The minimum absolute atomic E-state index is 0.478. The molecule has 17 heavy (non-hydrogen) atoms. The van der Waals surface area contributed by atoms with Crippen molar-refractivity contribution >= 4 is 21.8 Å². The second-order valence-electron chi connectivity index (χ2n) is 3.65. The molecule has 0 aliphatic rings. The predicted molar refractivity (Wildman–Crippen MR) is 62.6 cm³/mol. The number of nitrogens with one attached hydrogen (secondary N) is 1. The van der Waals surface area contributed by atoms with Crippen molar-refractivity contribution in [2.75, 3.05) is 11.1 Å². The third-order valence-electron chi connectivity index (χ3n) is 2.07. The molecule has 1 atom stereocenters. The molecular weight excluding hydrogens is 246 g/mol. The van der Waals surface area contributed by atoms with Gasteiger partial charge >= 0.3 is 5.97 Å². The van der Waals surface area contributed by atoms with Crippen LogP contribution in [0.2, 0.25) is 0 Å². The van der Waals surface area contributed by atoms with E-state index in [1.807, 2.05) is 6.92 Å². The van der Waals surface area contributed by atoms with Crippen molar-refractivity contribution in [2.45, 2.75) is 13.0 Å². The molecule has 1 aromatic rings. The van der Waals surface area contributed by atoms with Gasteiger partial charge in [-0.1, -0.05) is 17.7 Å². The van der Waals surface area contributed by atoms with Gasteiger partial charge in [0.1, 0.15) is 11.8 Å². The second-order valence-corrected chi connectivity index (χ2v) is 5.15. The lowest BCUT2D eigenvalue weighted by Gasteiger charge is -2.14. The molecule has 0 saturated heterocycles. The molecular formula is C10H13NO5S. The quantitative estimate of drug-likeness (QED) is 0.674. The molecule has 0 amide bonds. The summed E-state index contributed by atoms with van der Waals surface area (Å²) in [6.07, 6.45) is 0. The molecule has 1 unspecified atom stereocenters. The van der Waals surface area contributed by atoms with Gasteiger partial charge < -0.3 is 10.4 Å². The van der Waals surface area contributed by atoms with Gasteiger partial charge in [0.15, 0.2) is 0 Å². The molecule has 0 aliphatic carbocycles. The second kappa shape index (κ2) is 5.15. The highest BCUT2D eigenvalue weighted by molar-refractivity contribution is 7.85. The van der Waals surface area contributed by atoms with Gasteiger partial charge in [0.25, 0.3) is 10.1 Å². The Balaban J connectivity index is 2.80. The number of benzene rings is 1. The summed E-state index contributed by atoms with van der Waals surface area (Å²) in [6, 6.07) is 5.40. The van der Waals surface area contributed by atoms with Gasteiger partial charge in [0, 0.05) is 5.69 Å². The Hall–Kier alpha value is -1.60. The lowest BCUT2D eigenvalue weighted by atomic mass is 10.2. The maximum Gasteiger partial charge on any atom is 0.327 e. The molecule has 3 N–H and O–H groups in total. The van der Waals surface area contributed by atoms with Crippen molar-refractivity contribution in [1.29, 1.82) is 0 Å². The number of aliphatic carboxylic acids is 1. The Morgan fingerprint density at radius 1 is 1.35 bits per heavy atom. The number of carboxylic acid groups (broad SMARTS) is 1. The summed E-state index contributed by atoms with van der Waals surface area (Å²) >= 11 is 0. The smallest absolute Gasteiger partial charge is 0.327 e. The molecule has 0 saturated carbocycles. The molecule has 94 valence electrons. The van der Waals surface area contributed by atoms with Crippen LogP contribution < -0.4 is 5.32 Å². The van der Waals surface area contributed by atoms with E-state index in [0.29, 0.717) is 5.69 Å². The van der Waals surface area contributed by atoms with Crippen molar-refractivity contribution in [1.82, 2.24) is 0 Å². The minimum Gasteiger partial charge on any atom is -0.480 e. The van der Waals surface area contributed by atoms with Gasteiger partial charge in [-0.25, -0.2) is 4.79 Å². The van der Waals surface area contributed by atoms with E-state index in [4.69, 9.17) is 9.66 Å². The van der Waals surface area contributed by atoms with Gasteiger partial charge in [-0.15, -0.1) is 0 Å². The van der Waals surface area contributed by atoms with Crippen LogP contribution in [0.1, 0.15) is 5.56 Å². The van der Waals surface area contributed by atoms with E-state index in [1.165, 1.54) is 0 Å². The molecule has 0 radical (unpaired) electrons. The van der Waals surface area contributed by atoms with E-state index in [-0.39, 0.29) is 0 Å². The number of carboxylic acids is 1. The third-order valence-corrected chi connectivity index (χ3v) is 2.82. The average molecular weight is 259 g/mol. The van der Waals surface area contributed by atoms with Crippen LogP contribution >= 0.6 is 0 Å². The number of hydrogen-bond acceptors (Lipinski definition) is 4. The largest absolute Gasteiger partial charge is 0.480 e. The van der Waals surface area contributed by atoms with Crippen LogP contribution in [0.25, 0.3) is 0 Å². The lowest BCUT2D eigenvalue weighted by molar-refractivity contribution is -0.137. The first kappa shape index (κ1) is 13.5. The number of carbonyl (C=O) groups is 1. The van der Waals surface area contributed by atoms with Gasteiger partial charge in [0.05, 0.1) is 0 Å². The van der Waals surface area contributed by atoms with Crippen LogP contribution in [0.5, 0.6) is 0 Å². The van der Waals surface area contributed by atoms with Crippen molar-refractivity contribution in [2.24, 2.45) is 0 Å². The SMILES string of the molecule is Cc1ccc(NC(CS(=O)(=O)O)C(=O)O)cc1. The molecule has 1 aromatic carbocycles. The molecule has 6 nitrogen and oxygen atoms in total. The molecule has 0 spiro atoms. The van der Waals surface area contributed by atoms with Gasteiger partial charge in [-0.05, 0) is 19.1 Å². The summed E-state index contributed by atoms with van der Waals surface area (Å²) in [6.45, 7) is 1.87. The summed E-state index contributed by atoms with van der Waals surface area (Å²) in [5, 5.41) is 11.3. The van der Waals surface area contributed by atoms with Crippen molar-refractivity contribution < 1.29 is 22.9 Å². The van der Waals surface area contributed by atoms with Crippen molar-refractivity contribution in [3.63, 3.8) is 0 Å². The maximum absolute atomic E-state index is 10.8. The first-order valence-electron chi connectivity index (χ1n) is 4.79. The molecule has 0 heterocycles. The van der Waals surface area contributed by atoms with E-state index >= 15 is 0 Å². The summed E-state index contributed by atoms with van der Waals surface area (Å²) < 4.78 is 29.9. The van der Waals surface area contributed by atoms with E-state index < -0.39 is 27.9 Å². The Kier molecular flexibility index (Phi) is 4.08. The van der Waals surface area contributed by atoms with E-state index in [0.717, 1.165) is 5.56 Å². The average Bonchev–Trinajstić information content (AvgIpc) is 2.18. The Labute approximate surface area is 99.0 Å². The lowest BCUT2D eigenvalue weighted by Crippen LogP contribution is -2.36.